The number of hydrogen-bond donors (Lipinski definition) is 1. The number of Topliss-reactive ketones (excluding diaryl/α,β-unsaturated/α-hetero) is 1. The maximum Gasteiger partial charge on any atom is 0.161 e. The Morgan fingerprint density at radius 3 is 2.64 bits per heavy atom. The third-order valence-corrected chi connectivity index (χ3v) is 9.02. The Labute approximate surface area is 155 Å². The Morgan fingerprint density at radius 2 is 1.96 bits per heavy atom. The molecule has 0 aromatic rings. The van der Waals surface area contributed by atoms with E-state index < -0.39 is 11.0 Å². The Morgan fingerprint density at radius 1 is 1.24 bits per heavy atom. The minimum absolute atomic E-state index is 0.00149. The summed E-state index contributed by atoms with van der Waals surface area (Å²) in [6, 6.07) is 0. The van der Waals surface area contributed by atoms with E-state index in [1.54, 1.807) is 0 Å². The predicted octanol–water partition coefficient (Wildman–Crippen LogP) is 4.06. The second kappa shape index (κ2) is 5.42. The summed E-state index contributed by atoms with van der Waals surface area (Å²) in [5.41, 5.74) is -0.357. The fourth-order valence-corrected chi connectivity index (χ4v) is 7.98. The number of fused-ring (bicyclic) bond motifs is 5. The molecule has 138 valence electrons. The van der Waals surface area contributed by atoms with Gasteiger partial charge in [0, 0.05) is 17.2 Å². The van der Waals surface area contributed by atoms with Crippen molar-refractivity contribution in [2.24, 2.45) is 28.6 Å². The first-order valence-electron chi connectivity index (χ1n) is 9.75. The van der Waals surface area contributed by atoms with Gasteiger partial charge in [0.15, 0.2) is 11.6 Å². The van der Waals surface area contributed by atoms with E-state index in [9.17, 15) is 14.7 Å². The molecule has 7 atom stereocenters. The molecule has 0 aliphatic heterocycles. The summed E-state index contributed by atoms with van der Waals surface area (Å²) >= 11 is 6.99. The molecule has 0 saturated heterocycles. The standard InChI is InChI=1S/C21H29ClO3/c1-12(23)21(25)9-7-16-15-5-4-13-10-14(24)6-8-19(13,2)18(15)17(22)11-20(16,21)3/h10,15-18,25H,4-9,11H2,1-3H3/t15-,16-,17-,18+,19-,20-,21-/m0/s1. The molecule has 0 heterocycles. The van der Waals surface area contributed by atoms with Gasteiger partial charge in [0.25, 0.3) is 0 Å². The van der Waals surface area contributed by atoms with Gasteiger partial charge < -0.3 is 5.11 Å². The molecule has 4 rings (SSSR count). The van der Waals surface area contributed by atoms with E-state index in [4.69, 9.17) is 11.6 Å². The third kappa shape index (κ3) is 2.15. The first-order valence-corrected chi connectivity index (χ1v) is 10.2. The van der Waals surface area contributed by atoms with E-state index in [1.807, 2.05) is 6.08 Å². The molecule has 0 aromatic carbocycles. The summed E-state index contributed by atoms with van der Waals surface area (Å²) in [4.78, 5) is 24.2. The van der Waals surface area contributed by atoms with E-state index in [0.717, 1.165) is 25.7 Å². The van der Waals surface area contributed by atoms with Gasteiger partial charge in [0.05, 0.1) is 0 Å². The quantitative estimate of drug-likeness (QED) is 0.714. The zero-order valence-electron chi connectivity index (χ0n) is 15.5. The maximum atomic E-state index is 12.3. The number of allylic oxidation sites excluding steroid dienone is 1. The summed E-state index contributed by atoms with van der Waals surface area (Å²) in [6.45, 7) is 5.92. The van der Waals surface area contributed by atoms with Crippen LogP contribution in [-0.4, -0.2) is 27.7 Å². The lowest BCUT2D eigenvalue weighted by molar-refractivity contribution is -0.159. The fraction of sp³-hybridized carbons (Fsp3) is 0.810. The Balaban J connectivity index is 1.75. The van der Waals surface area contributed by atoms with Gasteiger partial charge in [-0.1, -0.05) is 19.4 Å². The molecule has 1 N–H and O–H groups in total. The zero-order chi connectivity index (χ0) is 18.2. The van der Waals surface area contributed by atoms with Crippen molar-refractivity contribution >= 4 is 23.2 Å². The van der Waals surface area contributed by atoms with Crippen molar-refractivity contribution in [3.05, 3.63) is 11.6 Å². The molecule has 3 nitrogen and oxygen atoms in total. The molecule has 4 aliphatic rings. The smallest absolute Gasteiger partial charge is 0.161 e. The second-order valence-electron chi connectivity index (χ2n) is 9.48. The highest BCUT2D eigenvalue weighted by molar-refractivity contribution is 6.21. The van der Waals surface area contributed by atoms with Crippen LogP contribution in [0.4, 0.5) is 0 Å². The van der Waals surface area contributed by atoms with Crippen molar-refractivity contribution in [3.8, 4) is 0 Å². The van der Waals surface area contributed by atoms with E-state index in [-0.39, 0.29) is 22.4 Å². The Bertz CT molecular complexity index is 670. The number of carbonyl (C=O) groups is 2. The molecular weight excluding hydrogens is 336 g/mol. The van der Waals surface area contributed by atoms with Gasteiger partial charge in [-0.25, -0.2) is 0 Å². The first-order chi connectivity index (χ1) is 11.6. The van der Waals surface area contributed by atoms with Crippen LogP contribution in [0.5, 0.6) is 0 Å². The Kier molecular flexibility index (Phi) is 3.84. The highest BCUT2D eigenvalue weighted by Gasteiger charge is 2.67. The third-order valence-electron chi connectivity index (χ3n) is 8.59. The highest BCUT2D eigenvalue weighted by atomic mass is 35.5. The molecule has 0 unspecified atom stereocenters. The van der Waals surface area contributed by atoms with Crippen LogP contribution < -0.4 is 0 Å². The van der Waals surface area contributed by atoms with Gasteiger partial charge in [0.2, 0.25) is 0 Å². The van der Waals surface area contributed by atoms with E-state index in [0.29, 0.717) is 37.0 Å². The average molecular weight is 365 g/mol. The molecular formula is C21H29ClO3. The monoisotopic (exact) mass is 364 g/mol. The summed E-state index contributed by atoms with van der Waals surface area (Å²) < 4.78 is 0. The molecule has 3 fully saturated rings. The molecule has 0 radical (unpaired) electrons. The van der Waals surface area contributed by atoms with Crippen molar-refractivity contribution in [1.82, 2.24) is 0 Å². The number of hydrogen-bond acceptors (Lipinski definition) is 3. The minimum atomic E-state index is -1.23. The number of rotatable bonds is 1. The summed E-state index contributed by atoms with van der Waals surface area (Å²) in [7, 11) is 0. The maximum absolute atomic E-state index is 12.3. The number of alkyl halides is 1. The number of carbonyl (C=O) groups excluding carboxylic acids is 2. The zero-order valence-corrected chi connectivity index (χ0v) is 16.2. The average Bonchev–Trinajstić information content (AvgIpc) is 2.80. The normalized spacial score (nSPS) is 52.0. The fourth-order valence-electron chi connectivity index (χ4n) is 7.20. The highest BCUT2D eigenvalue weighted by Crippen LogP contribution is 2.68. The number of ketones is 2. The summed E-state index contributed by atoms with van der Waals surface area (Å²) in [6.07, 6.45) is 7.54. The molecule has 0 amide bonds. The van der Waals surface area contributed by atoms with Gasteiger partial charge in [-0.2, -0.15) is 0 Å². The second-order valence-corrected chi connectivity index (χ2v) is 10.0. The van der Waals surface area contributed by atoms with Crippen LogP contribution in [-0.2, 0) is 9.59 Å². The van der Waals surface area contributed by atoms with Gasteiger partial charge in [-0.15, -0.1) is 11.6 Å². The molecule has 4 aliphatic carbocycles. The van der Waals surface area contributed by atoms with Gasteiger partial charge >= 0.3 is 0 Å². The van der Waals surface area contributed by atoms with Crippen molar-refractivity contribution in [3.63, 3.8) is 0 Å². The summed E-state index contributed by atoms with van der Waals surface area (Å²) in [5, 5.41) is 11.1. The largest absolute Gasteiger partial charge is 0.382 e. The van der Waals surface area contributed by atoms with Crippen LogP contribution in [0, 0.1) is 28.6 Å². The SMILES string of the molecule is CC(=O)[C@@]1(O)CC[C@H]2[C@@H]3CCC4=CC(=O)CC[C@]4(C)[C@H]3[C@@H](Cl)C[C@@]21C. The van der Waals surface area contributed by atoms with Crippen molar-refractivity contribution in [2.75, 3.05) is 0 Å². The van der Waals surface area contributed by atoms with Crippen LogP contribution in [0.15, 0.2) is 11.6 Å². The minimum Gasteiger partial charge on any atom is -0.382 e. The summed E-state index contributed by atoms with van der Waals surface area (Å²) in [5.74, 6) is 1.27. The van der Waals surface area contributed by atoms with Crippen LogP contribution in [0.3, 0.4) is 0 Å². The number of aliphatic hydroxyl groups is 1. The van der Waals surface area contributed by atoms with Gasteiger partial charge in [-0.3, -0.25) is 9.59 Å². The van der Waals surface area contributed by atoms with Crippen molar-refractivity contribution in [1.29, 1.82) is 0 Å². The van der Waals surface area contributed by atoms with Crippen LogP contribution in [0.25, 0.3) is 0 Å². The first kappa shape index (κ1) is 17.7. The van der Waals surface area contributed by atoms with Crippen LogP contribution in [0.2, 0.25) is 0 Å². The molecule has 4 heteroatoms. The molecule has 25 heavy (non-hydrogen) atoms. The van der Waals surface area contributed by atoms with Crippen LogP contribution in [0.1, 0.15) is 65.7 Å². The van der Waals surface area contributed by atoms with E-state index >= 15 is 0 Å². The number of halogens is 1. The van der Waals surface area contributed by atoms with Crippen molar-refractivity contribution in [2.45, 2.75) is 76.7 Å². The van der Waals surface area contributed by atoms with Gasteiger partial charge in [-0.05, 0) is 74.7 Å². The molecule has 0 spiro atoms. The molecule has 0 bridgehead atoms. The lowest BCUT2D eigenvalue weighted by Crippen LogP contribution is -2.60. The lowest BCUT2D eigenvalue weighted by atomic mass is 9.46. The lowest BCUT2D eigenvalue weighted by Gasteiger charge is -2.60. The molecule has 0 aromatic heterocycles. The topological polar surface area (TPSA) is 54.4 Å². The van der Waals surface area contributed by atoms with Gasteiger partial charge in [0.1, 0.15) is 5.60 Å². The Hall–Kier alpha value is -0.670. The van der Waals surface area contributed by atoms with E-state index in [2.05, 4.69) is 13.8 Å². The van der Waals surface area contributed by atoms with Crippen molar-refractivity contribution < 1.29 is 14.7 Å². The molecule has 3 saturated carbocycles. The van der Waals surface area contributed by atoms with Crippen LogP contribution >= 0.6 is 11.6 Å². The van der Waals surface area contributed by atoms with E-state index in [1.165, 1.54) is 12.5 Å². The predicted molar refractivity (Wildman–Crippen MR) is 97.4 cm³/mol.